The molecule has 8 heteroatoms. The lowest BCUT2D eigenvalue weighted by Crippen LogP contribution is -2.12. The van der Waals surface area contributed by atoms with Gasteiger partial charge in [-0.2, -0.15) is 0 Å². The van der Waals surface area contributed by atoms with Gasteiger partial charge >= 0.3 is 5.97 Å². The molecule has 0 aromatic carbocycles. The van der Waals surface area contributed by atoms with Crippen molar-refractivity contribution in [3.8, 4) is 0 Å². The molecule has 0 saturated heterocycles. The number of aromatic nitrogens is 3. The van der Waals surface area contributed by atoms with Crippen molar-refractivity contribution in [1.29, 1.82) is 0 Å². The summed E-state index contributed by atoms with van der Waals surface area (Å²) in [5.41, 5.74) is 0.676. The highest BCUT2D eigenvalue weighted by Gasteiger charge is 2.03. The number of hydrogen-bond acceptors (Lipinski definition) is 6. The van der Waals surface area contributed by atoms with Crippen LogP contribution in [0.5, 0.6) is 0 Å². The molecule has 0 fully saturated rings. The highest BCUT2D eigenvalue weighted by Crippen LogP contribution is 1.98. The first-order valence-corrected chi connectivity index (χ1v) is 6.47. The van der Waals surface area contributed by atoms with E-state index in [0.29, 0.717) is 51.7 Å². The van der Waals surface area contributed by atoms with Crippen LogP contribution in [0.25, 0.3) is 0 Å². The Morgan fingerprint density at radius 1 is 1.25 bits per heavy atom. The average molecular weight is 287 g/mol. The lowest BCUT2D eigenvalue weighted by molar-refractivity contribution is -0.136. The quantitative estimate of drug-likeness (QED) is 0.539. The van der Waals surface area contributed by atoms with Gasteiger partial charge in [0.25, 0.3) is 0 Å². The molecular formula is C12H21N3O5. The van der Waals surface area contributed by atoms with E-state index in [-0.39, 0.29) is 6.42 Å². The SMILES string of the molecule is COCCOCCOCCn1cc(CCC(=O)O)nn1. The van der Waals surface area contributed by atoms with Gasteiger partial charge in [0.1, 0.15) is 0 Å². The molecule has 0 radical (unpaired) electrons. The molecule has 0 spiro atoms. The van der Waals surface area contributed by atoms with Gasteiger partial charge in [-0.1, -0.05) is 5.21 Å². The molecule has 114 valence electrons. The molecule has 20 heavy (non-hydrogen) atoms. The van der Waals surface area contributed by atoms with Crippen LogP contribution in [-0.4, -0.2) is 66.2 Å². The number of carboxylic acids is 1. The largest absolute Gasteiger partial charge is 0.481 e. The predicted octanol–water partition coefficient (Wildman–Crippen LogP) is -0.0251. The molecular weight excluding hydrogens is 266 g/mol. The van der Waals surface area contributed by atoms with E-state index in [2.05, 4.69) is 10.3 Å². The number of aryl methyl sites for hydroxylation is 1. The van der Waals surface area contributed by atoms with Gasteiger partial charge in [-0.3, -0.25) is 4.79 Å². The average Bonchev–Trinajstić information content (AvgIpc) is 2.87. The Balaban J connectivity index is 2.03. The predicted molar refractivity (Wildman–Crippen MR) is 69.5 cm³/mol. The molecule has 0 amide bonds. The Bertz CT molecular complexity index is 383. The molecule has 1 aromatic heterocycles. The van der Waals surface area contributed by atoms with Crippen molar-refractivity contribution >= 4 is 5.97 Å². The maximum atomic E-state index is 10.4. The van der Waals surface area contributed by atoms with Crippen molar-refractivity contribution in [3.63, 3.8) is 0 Å². The fraction of sp³-hybridized carbons (Fsp3) is 0.750. The molecule has 0 saturated carbocycles. The fourth-order valence-electron chi connectivity index (χ4n) is 1.42. The van der Waals surface area contributed by atoms with E-state index in [1.54, 1.807) is 18.0 Å². The minimum atomic E-state index is -0.837. The van der Waals surface area contributed by atoms with Gasteiger partial charge in [0, 0.05) is 19.7 Å². The number of ether oxygens (including phenoxy) is 3. The number of carbonyl (C=O) groups is 1. The fourth-order valence-corrected chi connectivity index (χ4v) is 1.42. The number of carboxylic acid groups (broad SMARTS) is 1. The van der Waals surface area contributed by atoms with E-state index < -0.39 is 5.97 Å². The van der Waals surface area contributed by atoms with Crippen LogP contribution < -0.4 is 0 Å². The first-order valence-electron chi connectivity index (χ1n) is 6.47. The van der Waals surface area contributed by atoms with Gasteiger partial charge in [0.05, 0.1) is 51.7 Å². The van der Waals surface area contributed by atoms with Crippen molar-refractivity contribution < 1.29 is 24.1 Å². The van der Waals surface area contributed by atoms with Crippen molar-refractivity contribution in [1.82, 2.24) is 15.0 Å². The van der Waals surface area contributed by atoms with Gasteiger partial charge in [-0.15, -0.1) is 5.10 Å². The molecule has 0 aliphatic heterocycles. The smallest absolute Gasteiger partial charge is 0.303 e. The molecule has 1 rings (SSSR count). The molecule has 1 heterocycles. The molecule has 0 aliphatic rings. The van der Waals surface area contributed by atoms with Gasteiger partial charge < -0.3 is 19.3 Å². The summed E-state index contributed by atoms with van der Waals surface area (Å²) in [6.07, 6.45) is 2.19. The van der Waals surface area contributed by atoms with Gasteiger partial charge in [0.15, 0.2) is 0 Å². The molecule has 1 N–H and O–H groups in total. The summed E-state index contributed by atoms with van der Waals surface area (Å²) >= 11 is 0. The summed E-state index contributed by atoms with van der Waals surface area (Å²) < 4.78 is 17.1. The van der Waals surface area contributed by atoms with Crippen LogP contribution in [0.2, 0.25) is 0 Å². The van der Waals surface area contributed by atoms with Gasteiger partial charge in [-0.05, 0) is 0 Å². The van der Waals surface area contributed by atoms with E-state index in [1.807, 2.05) is 0 Å². The number of aliphatic carboxylic acids is 1. The zero-order valence-corrected chi connectivity index (χ0v) is 11.7. The normalized spacial score (nSPS) is 10.8. The molecule has 0 aliphatic carbocycles. The Labute approximate surface area is 117 Å². The van der Waals surface area contributed by atoms with E-state index >= 15 is 0 Å². The topological polar surface area (TPSA) is 95.7 Å². The van der Waals surface area contributed by atoms with Crippen molar-refractivity contribution in [2.24, 2.45) is 0 Å². The third-order valence-electron chi connectivity index (χ3n) is 2.45. The second kappa shape index (κ2) is 10.3. The Hall–Kier alpha value is -1.51. The van der Waals surface area contributed by atoms with Gasteiger partial charge in [-0.25, -0.2) is 4.68 Å². The van der Waals surface area contributed by atoms with E-state index in [1.165, 1.54) is 0 Å². The maximum Gasteiger partial charge on any atom is 0.303 e. The number of hydrogen-bond donors (Lipinski definition) is 1. The van der Waals surface area contributed by atoms with Crippen LogP contribution in [0.4, 0.5) is 0 Å². The molecule has 0 bridgehead atoms. The zero-order chi connectivity index (χ0) is 14.6. The lowest BCUT2D eigenvalue weighted by atomic mass is 10.2. The minimum absolute atomic E-state index is 0.0635. The molecule has 1 aromatic rings. The van der Waals surface area contributed by atoms with Crippen LogP contribution in [0.15, 0.2) is 6.20 Å². The second-order valence-corrected chi connectivity index (χ2v) is 4.08. The lowest BCUT2D eigenvalue weighted by Gasteiger charge is -2.05. The Morgan fingerprint density at radius 3 is 2.65 bits per heavy atom. The van der Waals surface area contributed by atoms with Crippen LogP contribution in [-0.2, 0) is 32.0 Å². The third kappa shape index (κ3) is 7.82. The van der Waals surface area contributed by atoms with Crippen LogP contribution >= 0.6 is 0 Å². The summed E-state index contributed by atoms with van der Waals surface area (Å²) in [7, 11) is 1.63. The summed E-state index contributed by atoms with van der Waals surface area (Å²) in [4.78, 5) is 10.4. The highest BCUT2D eigenvalue weighted by atomic mass is 16.5. The minimum Gasteiger partial charge on any atom is -0.481 e. The third-order valence-corrected chi connectivity index (χ3v) is 2.45. The summed E-state index contributed by atoms with van der Waals surface area (Å²) in [6, 6.07) is 0. The summed E-state index contributed by atoms with van der Waals surface area (Å²) in [5.74, 6) is -0.837. The van der Waals surface area contributed by atoms with E-state index in [4.69, 9.17) is 19.3 Å². The summed E-state index contributed by atoms with van der Waals surface area (Å²) in [5, 5.41) is 16.4. The van der Waals surface area contributed by atoms with Crippen molar-refractivity contribution in [2.75, 3.05) is 40.1 Å². The maximum absolute atomic E-state index is 10.4. The Kier molecular flexibility index (Phi) is 8.52. The number of rotatable bonds is 12. The second-order valence-electron chi connectivity index (χ2n) is 4.08. The van der Waals surface area contributed by atoms with Crippen LogP contribution in [0.1, 0.15) is 12.1 Å². The standard InChI is InChI=1S/C12H21N3O5/c1-18-6-7-20-9-8-19-5-4-15-10-11(13-14-15)2-3-12(16)17/h10H,2-9H2,1H3,(H,16,17). The molecule has 0 unspecified atom stereocenters. The molecule has 0 atom stereocenters. The first kappa shape index (κ1) is 16.5. The van der Waals surface area contributed by atoms with Gasteiger partial charge in [0.2, 0.25) is 0 Å². The monoisotopic (exact) mass is 287 g/mol. The number of methoxy groups -OCH3 is 1. The van der Waals surface area contributed by atoms with E-state index in [9.17, 15) is 4.79 Å². The van der Waals surface area contributed by atoms with Crippen LogP contribution in [0, 0.1) is 0 Å². The molecule has 8 nitrogen and oxygen atoms in total. The summed E-state index contributed by atoms with van der Waals surface area (Å²) in [6.45, 7) is 3.29. The first-order chi connectivity index (χ1) is 9.72. The zero-order valence-electron chi connectivity index (χ0n) is 11.7. The van der Waals surface area contributed by atoms with Crippen LogP contribution in [0.3, 0.4) is 0 Å². The van der Waals surface area contributed by atoms with Crippen molar-refractivity contribution in [2.45, 2.75) is 19.4 Å². The number of nitrogens with zero attached hydrogens (tertiary/aromatic N) is 3. The Morgan fingerprint density at radius 2 is 1.95 bits per heavy atom. The van der Waals surface area contributed by atoms with E-state index in [0.717, 1.165) is 0 Å². The highest BCUT2D eigenvalue weighted by molar-refractivity contribution is 5.66. The van der Waals surface area contributed by atoms with Crippen molar-refractivity contribution in [3.05, 3.63) is 11.9 Å².